The van der Waals surface area contributed by atoms with Crippen molar-refractivity contribution < 1.29 is 9.15 Å². The fraction of sp³-hybridized carbons (Fsp3) is 0.0455. The molecule has 0 saturated carbocycles. The Morgan fingerprint density at radius 1 is 0.933 bits per heavy atom. The van der Waals surface area contributed by atoms with Gasteiger partial charge in [-0.15, -0.1) is 15.3 Å². The average molecular weight is 415 g/mol. The number of hydrogen-bond acceptors (Lipinski definition) is 6. The minimum Gasteiger partial charge on any atom is -0.497 e. The van der Waals surface area contributed by atoms with Crippen LogP contribution in [-0.4, -0.2) is 23.1 Å². The molecule has 30 heavy (non-hydrogen) atoms. The Morgan fingerprint density at radius 3 is 2.30 bits per heavy atom. The van der Waals surface area contributed by atoms with Crippen LogP contribution < -0.4 is 4.74 Å². The minimum absolute atomic E-state index is 0.232. The number of ether oxygens (including phenoxy) is 1. The van der Waals surface area contributed by atoms with Crippen LogP contribution in [0, 0.1) is 4.84 Å². The summed E-state index contributed by atoms with van der Waals surface area (Å²) in [6, 6.07) is 24.4. The summed E-state index contributed by atoms with van der Waals surface area (Å²) < 4.78 is 10.6. The second-order valence-corrected chi connectivity index (χ2v) is 6.54. The number of benzene rings is 3. The summed E-state index contributed by atoms with van der Waals surface area (Å²) in [6.07, 6.45) is 0. The maximum Gasteiger partial charge on any atom is 0.284 e. The van der Waals surface area contributed by atoms with Crippen LogP contribution in [0.4, 0.5) is 11.4 Å². The van der Waals surface area contributed by atoms with Crippen molar-refractivity contribution in [3.05, 3.63) is 89.3 Å². The van der Waals surface area contributed by atoms with Crippen LogP contribution in [0.25, 0.3) is 11.5 Å². The lowest BCUT2D eigenvalue weighted by atomic mass is 10.2. The quantitative estimate of drug-likeness (QED) is 0.180. The van der Waals surface area contributed by atoms with E-state index in [0.717, 1.165) is 22.6 Å². The molecular formula is C22H17N5O2S. The smallest absolute Gasteiger partial charge is 0.284 e. The molecule has 0 fully saturated rings. The second kappa shape index (κ2) is 9.06. The molecule has 1 heterocycles. The fourth-order valence-electron chi connectivity index (χ4n) is 2.64. The minimum atomic E-state index is 0.232. The predicted octanol–water partition coefficient (Wildman–Crippen LogP) is 6.27. The van der Waals surface area contributed by atoms with E-state index in [2.05, 4.69) is 25.4 Å². The Morgan fingerprint density at radius 2 is 1.67 bits per heavy atom. The van der Waals surface area contributed by atoms with Crippen molar-refractivity contribution in [3.63, 3.8) is 0 Å². The topological polar surface area (TPSA) is 88.1 Å². The Hall–Kier alpha value is -3.91. The first-order valence-corrected chi connectivity index (χ1v) is 9.48. The zero-order valence-corrected chi connectivity index (χ0v) is 16.8. The predicted molar refractivity (Wildman–Crippen MR) is 117 cm³/mol. The lowest BCUT2D eigenvalue weighted by Gasteiger charge is -2.04. The largest absolute Gasteiger partial charge is 0.497 e. The number of nitrogens with zero attached hydrogens (tertiary/aromatic N) is 4. The van der Waals surface area contributed by atoms with Crippen LogP contribution in [0.5, 0.6) is 5.75 Å². The molecule has 0 bridgehead atoms. The van der Waals surface area contributed by atoms with Crippen LogP contribution in [0.1, 0.15) is 5.56 Å². The van der Waals surface area contributed by atoms with Gasteiger partial charge in [-0.1, -0.05) is 18.2 Å². The van der Waals surface area contributed by atoms with Crippen molar-refractivity contribution in [3.8, 4) is 17.2 Å². The first-order chi connectivity index (χ1) is 14.7. The molecule has 1 N–H and O–H groups in total. The van der Waals surface area contributed by atoms with E-state index in [4.69, 9.17) is 21.4 Å². The van der Waals surface area contributed by atoms with Gasteiger partial charge in [0, 0.05) is 11.1 Å². The monoisotopic (exact) mass is 415 g/mol. The molecule has 148 valence electrons. The van der Waals surface area contributed by atoms with Gasteiger partial charge in [0.2, 0.25) is 5.89 Å². The molecule has 0 aliphatic heterocycles. The lowest BCUT2D eigenvalue weighted by Crippen LogP contribution is -1.96. The van der Waals surface area contributed by atoms with Crippen LogP contribution in [0.2, 0.25) is 0 Å². The molecule has 7 nitrogen and oxygen atoms in total. The van der Waals surface area contributed by atoms with Crippen LogP contribution >= 0.6 is 12.2 Å². The number of azo groups is 1. The summed E-state index contributed by atoms with van der Waals surface area (Å²) in [5.41, 5.74) is 3.07. The van der Waals surface area contributed by atoms with Crippen molar-refractivity contribution in [1.29, 1.82) is 0 Å². The van der Waals surface area contributed by atoms with Gasteiger partial charge in [0.15, 0.2) is 5.84 Å². The number of hydrogen-bond donors (Lipinski definition) is 1. The van der Waals surface area contributed by atoms with Crippen LogP contribution in [0.3, 0.4) is 0 Å². The van der Waals surface area contributed by atoms with Gasteiger partial charge in [-0.05, 0) is 72.9 Å². The van der Waals surface area contributed by atoms with E-state index in [1.54, 1.807) is 7.11 Å². The molecule has 0 aliphatic rings. The third kappa shape index (κ3) is 4.73. The molecule has 0 spiro atoms. The van der Waals surface area contributed by atoms with Crippen molar-refractivity contribution in [1.82, 2.24) is 10.2 Å². The van der Waals surface area contributed by atoms with E-state index in [9.17, 15) is 0 Å². The Labute approximate surface area is 177 Å². The van der Waals surface area contributed by atoms with Gasteiger partial charge < -0.3 is 9.15 Å². The van der Waals surface area contributed by atoms with Crippen molar-refractivity contribution in [2.24, 2.45) is 15.2 Å². The van der Waals surface area contributed by atoms with E-state index in [1.165, 1.54) is 0 Å². The summed E-state index contributed by atoms with van der Waals surface area (Å²) in [5.74, 6) is 1.66. The van der Waals surface area contributed by atoms with E-state index < -0.39 is 0 Å². The molecule has 0 radical (unpaired) electrons. The molecule has 0 saturated heterocycles. The highest BCUT2D eigenvalue weighted by Gasteiger charge is 2.07. The number of amidine groups is 1. The number of rotatable bonds is 5. The number of methoxy groups -OCH3 is 1. The molecule has 0 atom stereocenters. The highest BCUT2D eigenvalue weighted by Crippen LogP contribution is 2.23. The van der Waals surface area contributed by atoms with Gasteiger partial charge in [0.25, 0.3) is 4.84 Å². The number of H-pyrrole nitrogens is 1. The normalized spacial score (nSPS) is 11.7. The van der Waals surface area contributed by atoms with E-state index in [0.29, 0.717) is 17.4 Å². The maximum absolute atomic E-state index is 5.34. The second-order valence-electron chi connectivity index (χ2n) is 6.16. The highest BCUT2D eigenvalue weighted by atomic mass is 32.1. The van der Waals surface area contributed by atoms with Gasteiger partial charge in [-0.3, -0.25) is 0 Å². The highest BCUT2D eigenvalue weighted by molar-refractivity contribution is 7.71. The standard InChI is InChI=1S/C22H17N5O2S/c1-28-19-13-9-15(10-14-19)20(25-24-18-5-3-2-4-6-18)23-17-11-7-16(8-12-17)21-26-27-22(30)29-21/h2-14H,1H3,(H,27,30). The molecule has 3 aromatic carbocycles. The summed E-state index contributed by atoms with van der Waals surface area (Å²) in [6.45, 7) is 0. The summed E-state index contributed by atoms with van der Waals surface area (Å²) in [7, 11) is 1.63. The number of nitrogens with one attached hydrogen (secondary N) is 1. The molecule has 4 aromatic rings. The number of aromatic nitrogens is 2. The van der Waals surface area contributed by atoms with Gasteiger partial charge in [0.05, 0.1) is 18.5 Å². The number of aromatic amines is 1. The molecule has 0 aliphatic carbocycles. The Balaban J connectivity index is 1.67. The average Bonchev–Trinajstić information content (AvgIpc) is 3.24. The third-order valence-electron chi connectivity index (χ3n) is 4.15. The van der Waals surface area contributed by atoms with Gasteiger partial charge in [-0.2, -0.15) is 0 Å². The van der Waals surface area contributed by atoms with Crippen molar-refractivity contribution >= 4 is 29.4 Å². The zero-order valence-electron chi connectivity index (χ0n) is 16.0. The molecule has 1 aromatic heterocycles. The van der Waals surface area contributed by atoms with Crippen LogP contribution in [0.15, 0.2) is 98.5 Å². The molecule has 8 heteroatoms. The first-order valence-electron chi connectivity index (χ1n) is 9.07. The first kappa shape index (κ1) is 19.4. The molecule has 0 unspecified atom stereocenters. The Bertz CT molecular complexity index is 1230. The summed E-state index contributed by atoms with van der Waals surface area (Å²) in [5, 5.41) is 15.3. The van der Waals surface area contributed by atoms with E-state index >= 15 is 0 Å². The Kier molecular flexibility index (Phi) is 5.86. The third-order valence-corrected chi connectivity index (χ3v) is 4.33. The van der Waals surface area contributed by atoms with Crippen molar-refractivity contribution in [2.75, 3.05) is 7.11 Å². The van der Waals surface area contributed by atoms with E-state index in [-0.39, 0.29) is 4.84 Å². The van der Waals surface area contributed by atoms with Gasteiger partial charge >= 0.3 is 0 Å². The van der Waals surface area contributed by atoms with E-state index in [1.807, 2.05) is 78.9 Å². The van der Waals surface area contributed by atoms with Crippen LogP contribution in [-0.2, 0) is 0 Å². The summed E-state index contributed by atoms with van der Waals surface area (Å²) >= 11 is 4.92. The molecule has 4 rings (SSSR count). The van der Waals surface area contributed by atoms with Gasteiger partial charge in [-0.25, -0.2) is 10.1 Å². The lowest BCUT2D eigenvalue weighted by molar-refractivity contribution is 0.415. The maximum atomic E-state index is 5.34. The molecule has 0 amide bonds. The number of aliphatic imine (C=N–C) groups is 1. The van der Waals surface area contributed by atoms with Gasteiger partial charge in [0.1, 0.15) is 5.75 Å². The van der Waals surface area contributed by atoms with Crippen molar-refractivity contribution in [2.45, 2.75) is 0 Å². The SMILES string of the molecule is COc1ccc(C(N=Nc2ccccc2)=Nc2ccc(-c3n[nH]c(=S)o3)cc2)cc1. The fourth-order valence-corrected chi connectivity index (χ4v) is 2.76. The summed E-state index contributed by atoms with van der Waals surface area (Å²) in [4.78, 5) is 4.91. The zero-order chi connectivity index (χ0) is 20.8. The molecular weight excluding hydrogens is 398 g/mol.